The van der Waals surface area contributed by atoms with E-state index in [1.807, 2.05) is 20.8 Å². The number of rotatable bonds is 4. The maximum atomic E-state index is 11.5. The third-order valence-corrected chi connectivity index (χ3v) is 2.44. The van der Waals surface area contributed by atoms with E-state index in [0.717, 1.165) is 13.1 Å². The SMILES string of the molecule is CC1CN(CC(=O)NCCO)CC(C)(C)O1. The van der Waals surface area contributed by atoms with E-state index < -0.39 is 0 Å². The lowest BCUT2D eigenvalue weighted by molar-refractivity contribution is -0.139. The van der Waals surface area contributed by atoms with Crippen LogP contribution in [0.15, 0.2) is 0 Å². The van der Waals surface area contributed by atoms with Crippen molar-refractivity contribution in [2.45, 2.75) is 32.5 Å². The highest BCUT2D eigenvalue weighted by Crippen LogP contribution is 2.20. The fourth-order valence-electron chi connectivity index (χ4n) is 2.16. The molecular formula is C11H22N2O3. The second kappa shape index (κ2) is 5.61. The molecule has 0 aliphatic carbocycles. The van der Waals surface area contributed by atoms with Crippen molar-refractivity contribution in [3.63, 3.8) is 0 Å². The van der Waals surface area contributed by atoms with E-state index in [4.69, 9.17) is 9.84 Å². The third-order valence-electron chi connectivity index (χ3n) is 2.44. The number of amides is 1. The van der Waals surface area contributed by atoms with E-state index in [-0.39, 0.29) is 24.2 Å². The maximum absolute atomic E-state index is 11.5. The van der Waals surface area contributed by atoms with Gasteiger partial charge in [-0.25, -0.2) is 0 Å². The first-order chi connectivity index (χ1) is 7.43. The highest BCUT2D eigenvalue weighted by molar-refractivity contribution is 5.78. The molecule has 1 rings (SSSR count). The second-order valence-corrected chi connectivity index (χ2v) is 4.93. The normalized spacial score (nSPS) is 25.4. The Labute approximate surface area is 96.8 Å². The van der Waals surface area contributed by atoms with Gasteiger partial charge in [-0.1, -0.05) is 0 Å². The number of hydrogen-bond donors (Lipinski definition) is 2. The zero-order chi connectivity index (χ0) is 12.2. The quantitative estimate of drug-likeness (QED) is 0.689. The molecule has 1 aliphatic rings. The Morgan fingerprint density at radius 1 is 1.62 bits per heavy atom. The van der Waals surface area contributed by atoms with Crippen LogP contribution in [0.1, 0.15) is 20.8 Å². The zero-order valence-corrected chi connectivity index (χ0v) is 10.3. The number of carbonyl (C=O) groups is 1. The summed E-state index contributed by atoms with van der Waals surface area (Å²) in [7, 11) is 0. The molecule has 1 aliphatic heterocycles. The molecule has 1 heterocycles. The summed E-state index contributed by atoms with van der Waals surface area (Å²) >= 11 is 0. The van der Waals surface area contributed by atoms with E-state index in [2.05, 4.69) is 10.2 Å². The van der Waals surface area contributed by atoms with Gasteiger partial charge in [0, 0.05) is 19.6 Å². The molecule has 1 fully saturated rings. The van der Waals surface area contributed by atoms with Crippen molar-refractivity contribution in [1.82, 2.24) is 10.2 Å². The minimum absolute atomic E-state index is 0.0171. The number of morpholine rings is 1. The van der Waals surface area contributed by atoms with Crippen LogP contribution >= 0.6 is 0 Å². The van der Waals surface area contributed by atoms with Crippen LogP contribution in [-0.4, -0.2) is 60.4 Å². The maximum Gasteiger partial charge on any atom is 0.234 e. The summed E-state index contributed by atoms with van der Waals surface area (Å²) < 4.78 is 5.75. The monoisotopic (exact) mass is 230 g/mol. The van der Waals surface area contributed by atoms with Gasteiger partial charge in [-0.05, 0) is 20.8 Å². The van der Waals surface area contributed by atoms with Gasteiger partial charge in [0.2, 0.25) is 5.91 Å². The topological polar surface area (TPSA) is 61.8 Å². The molecule has 0 aromatic heterocycles. The molecule has 0 aromatic carbocycles. The van der Waals surface area contributed by atoms with Crippen molar-refractivity contribution in [2.75, 3.05) is 32.8 Å². The molecule has 0 aromatic rings. The lowest BCUT2D eigenvalue weighted by Crippen LogP contribution is -2.54. The van der Waals surface area contributed by atoms with E-state index in [9.17, 15) is 4.79 Å². The largest absolute Gasteiger partial charge is 0.395 e. The van der Waals surface area contributed by atoms with Crippen LogP contribution in [0.4, 0.5) is 0 Å². The van der Waals surface area contributed by atoms with Gasteiger partial charge in [-0.3, -0.25) is 9.69 Å². The van der Waals surface area contributed by atoms with Crippen LogP contribution in [0, 0.1) is 0 Å². The Morgan fingerprint density at radius 2 is 2.31 bits per heavy atom. The zero-order valence-electron chi connectivity index (χ0n) is 10.3. The Morgan fingerprint density at radius 3 is 2.88 bits per heavy atom. The minimum Gasteiger partial charge on any atom is -0.395 e. The standard InChI is InChI=1S/C11H22N2O3/c1-9-6-13(8-11(2,3)16-9)7-10(15)12-4-5-14/h9,14H,4-8H2,1-3H3,(H,12,15). The highest BCUT2D eigenvalue weighted by atomic mass is 16.5. The molecule has 94 valence electrons. The lowest BCUT2D eigenvalue weighted by Gasteiger charge is -2.41. The summed E-state index contributed by atoms with van der Waals surface area (Å²) in [5.74, 6) is -0.0426. The van der Waals surface area contributed by atoms with Crippen LogP contribution in [-0.2, 0) is 9.53 Å². The predicted octanol–water partition coefficient (Wildman–Crippen LogP) is -0.406. The summed E-state index contributed by atoms with van der Waals surface area (Å²) in [6.07, 6.45) is 0.148. The van der Waals surface area contributed by atoms with Crippen LogP contribution < -0.4 is 5.32 Å². The predicted molar refractivity (Wildman–Crippen MR) is 61.2 cm³/mol. The molecule has 16 heavy (non-hydrogen) atoms. The Bertz CT molecular complexity index is 243. The van der Waals surface area contributed by atoms with Gasteiger partial charge in [0.25, 0.3) is 0 Å². The first kappa shape index (κ1) is 13.4. The molecule has 1 atom stereocenters. The van der Waals surface area contributed by atoms with Gasteiger partial charge in [0.15, 0.2) is 0 Å². The van der Waals surface area contributed by atoms with Crippen molar-refractivity contribution in [3.8, 4) is 0 Å². The summed E-state index contributed by atoms with van der Waals surface area (Å²) in [5, 5.41) is 11.2. The molecule has 0 radical (unpaired) electrons. The molecule has 1 amide bonds. The van der Waals surface area contributed by atoms with Crippen molar-refractivity contribution in [1.29, 1.82) is 0 Å². The lowest BCUT2D eigenvalue weighted by atomic mass is 10.1. The number of nitrogens with one attached hydrogen (secondary N) is 1. The van der Waals surface area contributed by atoms with E-state index in [1.165, 1.54) is 0 Å². The van der Waals surface area contributed by atoms with Gasteiger partial charge < -0.3 is 15.2 Å². The van der Waals surface area contributed by atoms with Gasteiger partial charge >= 0.3 is 0 Å². The Balaban J connectivity index is 2.39. The number of carbonyl (C=O) groups excluding carboxylic acids is 1. The fourth-order valence-corrected chi connectivity index (χ4v) is 2.16. The minimum atomic E-state index is -0.199. The van der Waals surface area contributed by atoms with Crippen LogP contribution in [0.25, 0.3) is 0 Å². The summed E-state index contributed by atoms with van der Waals surface area (Å²) in [5.41, 5.74) is -0.199. The number of aliphatic hydroxyl groups excluding tert-OH is 1. The van der Waals surface area contributed by atoms with Gasteiger partial charge in [0.05, 0.1) is 24.9 Å². The van der Waals surface area contributed by atoms with Crippen molar-refractivity contribution in [2.24, 2.45) is 0 Å². The number of nitrogens with zero attached hydrogens (tertiary/aromatic N) is 1. The molecule has 0 spiro atoms. The van der Waals surface area contributed by atoms with Gasteiger partial charge in [-0.2, -0.15) is 0 Å². The smallest absolute Gasteiger partial charge is 0.234 e. The molecule has 0 saturated carbocycles. The Hall–Kier alpha value is -0.650. The highest BCUT2D eigenvalue weighted by Gasteiger charge is 2.31. The molecule has 2 N–H and O–H groups in total. The van der Waals surface area contributed by atoms with Crippen LogP contribution in [0.2, 0.25) is 0 Å². The third kappa shape index (κ3) is 4.47. The van der Waals surface area contributed by atoms with Crippen LogP contribution in [0.3, 0.4) is 0 Å². The average Bonchev–Trinajstić information content (AvgIpc) is 2.11. The summed E-state index contributed by atoms with van der Waals surface area (Å²) in [6, 6.07) is 0. The fraction of sp³-hybridized carbons (Fsp3) is 0.909. The molecule has 0 bridgehead atoms. The van der Waals surface area contributed by atoms with Crippen LogP contribution in [0.5, 0.6) is 0 Å². The first-order valence-corrected chi connectivity index (χ1v) is 5.71. The molecule has 1 saturated heterocycles. The molecular weight excluding hydrogens is 208 g/mol. The number of hydrogen-bond acceptors (Lipinski definition) is 4. The van der Waals surface area contributed by atoms with Crippen molar-refractivity contribution >= 4 is 5.91 Å². The van der Waals surface area contributed by atoms with E-state index >= 15 is 0 Å². The second-order valence-electron chi connectivity index (χ2n) is 4.93. The van der Waals surface area contributed by atoms with Crippen molar-refractivity contribution < 1.29 is 14.6 Å². The molecule has 1 unspecified atom stereocenters. The molecule has 5 heteroatoms. The number of aliphatic hydroxyl groups is 1. The van der Waals surface area contributed by atoms with Crippen molar-refractivity contribution in [3.05, 3.63) is 0 Å². The van der Waals surface area contributed by atoms with Gasteiger partial charge in [-0.15, -0.1) is 0 Å². The first-order valence-electron chi connectivity index (χ1n) is 5.71. The van der Waals surface area contributed by atoms with Gasteiger partial charge in [0.1, 0.15) is 0 Å². The summed E-state index contributed by atoms with van der Waals surface area (Å²) in [6.45, 7) is 8.28. The van der Waals surface area contributed by atoms with E-state index in [1.54, 1.807) is 0 Å². The van der Waals surface area contributed by atoms with E-state index in [0.29, 0.717) is 13.1 Å². The average molecular weight is 230 g/mol. The summed E-state index contributed by atoms with van der Waals surface area (Å²) in [4.78, 5) is 13.6. The number of ether oxygens (including phenoxy) is 1. The Kier molecular flexibility index (Phi) is 4.70. The molecule has 5 nitrogen and oxygen atoms in total.